The third-order valence-corrected chi connectivity index (χ3v) is 7.33. The van der Waals surface area contributed by atoms with Crippen LogP contribution in [0.25, 0.3) is 5.69 Å². The fourth-order valence-corrected chi connectivity index (χ4v) is 5.42. The summed E-state index contributed by atoms with van der Waals surface area (Å²) in [5, 5.41) is 9.51. The van der Waals surface area contributed by atoms with E-state index in [2.05, 4.69) is 27.9 Å². The monoisotopic (exact) mass is 464 g/mol. The van der Waals surface area contributed by atoms with Crippen molar-refractivity contribution in [3.05, 3.63) is 64.0 Å². The van der Waals surface area contributed by atoms with Gasteiger partial charge in [0.2, 0.25) is 5.91 Å². The molecule has 6 rings (SSSR count). The second-order valence-electron chi connectivity index (χ2n) is 9.12. The number of carbonyl (C=O) groups excluding carboxylic acids is 1. The topological polar surface area (TPSA) is 77.5 Å². The summed E-state index contributed by atoms with van der Waals surface area (Å²) in [5.41, 5.74) is 4.88. The molecule has 0 saturated carbocycles. The summed E-state index contributed by atoms with van der Waals surface area (Å²) >= 11 is 6.17. The molecule has 0 N–H and O–H groups in total. The molecule has 0 aliphatic carbocycles. The summed E-state index contributed by atoms with van der Waals surface area (Å²) in [5.74, 6) is 1.55. The van der Waals surface area contributed by atoms with E-state index in [1.165, 1.54) is 0 Å². The molecule has 5 heterocycles. The maximum atomic E-state index is 13.4. The van der Waals surface area contributed by atoms with Gasteiger partial charge in [0.15, 0.2) is 5.82 Å². The SMILES string of the molecule is Cc1c2c(cn1C)-n1c(C)nnc1C(CC(=O)N1CC3CC1CO3)N=C2c1ccc(Cl)cc1. The van der Waals surface area contributed by atoms with Crippen molar-refractivity contribution in [1.29, 1.82) is 0 Å². The number of benzene rings is 1. The molecule has 2 fully saturated rings. The second kappa shape index (κ2) is 7.53. The van der Waals surface area contributed by atoms with Crippen LogP contribution in [0.1, 0.15) is 47.4 Å². The lowest BCUT2D eigenvalue weighted by atomic mass is 10.0. The second-order valence-corrected chi connectivity index (χ2v) is 9.56. The number of aromatic nitrogens is 4. The summed E-state index contributed by atoms with van der Waals surface area (Å²) in [7, 11) is 2.02. The van der Waals surface area contributed by atoms with Crippen molar-refractivity contribution in [1.82, 2.24) is 24.2 Å². The molecule has 0 spiro atoms. The smallest absolute Gasteiger partial charge is 0.225 e. The highest BCUT2D eigenvalue weighted by atomic mass is 35.5. The van der Waals surface area contributed by atoms with Crippen molar-refractivity contribution >= 4 is 23.2 Å². The molecule has 2 aromatic heterocycles. The van der Waals surface area contributed by atoms with Gasteiger partial charge in [-0.3, -0.25) is 14.4 Å². The number of likely N-dealkylation sites (tertiary alicyclic amines) is 1. The normalized spacial score (nSPS) is 23.3. The van der Waals surface area contributed by atoms with Crippen LogP contribution in [0.5, 0.6) is 0 Å². The molecule has 3 aliphatic rings. The molecule has 0 radical (unpaired) electrons. The van der Waals surface area contributed by atoms with Crippen LogP contribution in [0.4, 0.5) is 0 Å². The molecule has 3 unspecified atom stereocenters. The van der Waals surface area contributed by atoms with Gasteiger partial charge in [-0.1, -0.05) is 23.7 Å². The minimum absolute atomic E-state index is 0.0890. The first-order valence-corrected chi connectivity index (χ1v) is 11.6. The van der Waals surface area contributed by atoms with Gasteiger partial charge < -0.3 is 14.2 Å². The first kappa shape index (κ1) is 20.6. The predicted molar refractivity (Wildman–Crippen MR) is 124 cm³/mol. The van der Waals surface area contributed by atoms with Gasteiger partial charge in [0, 0.05) is 41.6 Å². The molecule has 9 heteroatoms. The third kappa shape index (κ3) is 3.23. The number of hydrogen-bond acceptors (Lipinski definition) is 5. The van der Waals surface area contributed by atoms with Crippen molar-refractivity contribution < 1.29 is 9.53 Å². The lowest BCUT2D eigenvalue weighted by molar-refractivity contribution is -0.136. The minimum atomic E-state index is -0.443. The lowest BCUT2D eigenvalue weighted by Gasteiger charge is -2.27. The Labute approximate surface area is 196 Å². The van der Waals surface area contributed by atoms with E-state index >= 15 is 0 Å². The summed E-state index contributed by atoms with van der Waals surface area (Å²) in [6, 6.07) is 7.43. The summed E-state index contributed by atoms with van der Waals surface area (Å²) in [4.78, 5) is 20.5. The van der Waals surface area contributed by atoms with Gasteiger partial charge in [0.1, 0.15) is 11.9 Å². The van der Waals surface area contributed by atoms with E-state index in [4.69, 9.17) is 21.3 Å². The van der Waals surface area contributed by atoms with Crippen molar-refractivity contribution in [2.24, 2.45) is 12.0 Å². The number of morpholine rings is 1. The van der Waals surface area contributed by atoms with Crippen LogP contribution in [0, 0.1) is 13.8 Å². The molecule has 2 saturated heterocycles. The van der Waals surface area contributed by atoms with Crippen LogP contribution in [0.15, 0.2) is 35.5 Å². The van der Waals surface area contributed by atoms with Crippen LogP contribution < -0.4 is 0 Å². The van der Waals surface area contributed by atoms with E-state index in [0.29, 0.717) is 24.0 Å². The highest BCUT2D eigenvalue weighted by Gasteiger charge is 2.42. The molecular formula is C24H25ClN6O2. The summed E-state index contributed by atoms with van der Waals surface area (Å²) in [6.07, 6.45) is 3.42. The van der Waals surface area contributed by atoms with Gasteiger partial charge in [-0.25, -0.2) is 0 Å². The Morgan fingerprint density at radius 2 is 2.00 bits per heavy atom. The standard InChI is InChI=1S/C24H25ClN6O2/c1-13-22-20(11-29(13)3)31-14(2)27-28-24(31)19(26-23(22)15-4-6-16(25)7-5-15)9-21(32)30-10-18-8-17(30)12-33-18/h4-7,11,17-19H,8-10,12H2,1-3H3. The van der Waals surface area contributed by atoms with E-state index in [1.807, 2.05) is 47.7 Å². The minimum Gasteiger partial charge on any atom is -0.374 e. The van der Waals surface area contributed by atoms with E-state index in [9.17, 15) is 4.79 Å². The maximum Gasteiger partial charge on any atom is 0.225 e. The number of hydrogen-bond donors (Lipinski definition) is 0. The van der Waals surface area contributed by atoms with Crippen molar-refractivity contribution in [3.63, 3.8) is 0 Å². The molecule has 8 nitrogen and oxygen atoms in total. The van der Waals surface area contributed by atoms with Crippen molar-refractivity contribution in [2.45, 2.75) is 44.9 Å². The zero-order valence-electron chi connectivity index (χ0n) is 18.8. The van der Waals surface area contributed by atoms with Crippen LogP contribution in [-0.2, 0) is 16.6 Å². The highest BCUT2D eigenvalue weighted by molar-refractivity contribution is 6.30. The number of ether oxygens (including phenoxy) is 1. The Bertz CT molecular complexity index is 1290. The number of rotatable bonds is 3. The molecule has 1 amide bonds. The fourth-order valence-electron chi connectivity index (χ4n) is 5.29. The van der Waals surface area contributed by atoms with E-state index < -0.39 is 6.04 Å². The number of fused-ring (bicyclic) bond motifs is 5. The predicted octanol–water partition coefficient (Wildman–Crippen LogP) is 3.16. The van der Waals surface area contributed by atoms with Gasteiger partial charge in [0.05, 0.1) is 36.6 Å². The van der Waals surface area contributed by atoms with Gasteiger partial charge in [0.25, 0.3) is 0 Å². The Morgan fingerprint density at radius 3 is 2.70 bits per heavy atom. The lowest BCUT2D eigenvalue weighted by Crippen LogP contribution is -2.41. The van der Waals surface area contributed by atoms with E-state index in [1.54, 1.807) is 0 Å². The van der Waals surface area contributed by atoms with Crippen LogP contribution in [0.3, 0.4) is 0 Å². The summed E-state index contributed by atoms with van der Waals surface area (Å²) in [6.45, 7) is 5.30. The highest BCUT2D eigenvalue weighted by Crippen LogP contribution is 2.36. The van der Waals surface area contributed by atoms with Gasteiger partial charge in [-0.05, 0) is 32.4 Å². The number of aryl methyl sites for hydroxylation is 2. The van der Waals surface area contributed by atoms with Gasteiger partial charge in [-0.2, -0.15) is 0 Å². The zero-order chi connectivity index (χ0) is 22.9. The number of amides is 1. The molecule has 170 valence electrons. The van der Waals surface area contributed by atoms with Crippen molar-refractivity contribution in [2.75, 3.05) is 13.2 Å². The van der Waals surface area contributed by atoms with Gasteiger partial charge in [-0.15, -0.1) is 10.2 Å². The molecule has 3 aliphatic heterocycles. The summed E-state index contributed by atoms with van der Waals surface area (Å²) < 4.78 is 9.82. The Morgan fingerprint density at radius 1 is 1.21 bits per heavy atom. The first-order valence-electron chi connectivity index (χ1n) is 11.2. The molecule has 2 bridgehead atoms. The zero-order valence-corrected chi connectivity index (χ0v) is 19.6. The van der Waals surface area contributed by atoms with Crippen LogP contribution >= 0.6 is 11.6 Å². The third-order valence-electron chi connectivity index (χ3n) is 7.08. The first-order chi connectivity index (χ1) is 15.9. The Balaban J connectivity index is 1.48. The maximum absolute atomic E-state index is 13.4. The largest absolute Gasteiger partial charge is 0.374 e. The van der Waals surface area contributed by atoms with E-state index in [-0.39, 0.29) is 24.5 Å². The Hall–Kier alpha value is -2.97. The molecule has 33 heavy (non-hydrogen) atoms. The average Bonchev–Trinajstić information content (AvgIpc) is 3.56. The molecular weight excluding hydrogens is 440 g/mol. The number of carbonyl (C=O) groups is 1. The Kier molecular flexibility index (Phi) is 4.71. The average molecular weight is 465 g/mol. The van der Waals surface area contributed by atoms with Crippen LogP contribution in [-0.4, -0.2) is 61.1 Å². The molecule has 3 aromatic rings. The molecule has 3 atom stereocenters. The number of nitrogens with zero attached hydrogens (tertiary/aromatic N) is 6. The molecule has 1 aromatic carbocycles. The number of aliphatic imine (C=N–C) groups is 1. The van der Waals surface area contributed by atoms with Crippen molar-refractivity contribution in [3.8, 4) is 5.69 Å². The fraction of sp³-hybridized carbons (Fsp3) is 0.417. The number of halogens is 1. The quantitative estimate of drug-likeness (QED) is 0.596. The van der Waals surface area contributed by atoms with Gasteiger partial charge >= 0.3 is 0 Å². The van der Waals surface area contributed by atoms with Crippen LogP contribution in [0.2, 0.25) is 5.02 Å². The van der Waals surface area contributed by atoms with E-state index in [0.717, 1.165) is 40.5 Å².